The minimum Gasteiger partial charge on any atom is -0.397 e. The fraction of sp³-hybridized carbons (Fsp3) is 0.0714. The van der Waals surface area contributed by atoms with Crippen molar-refractivity contribution in [3.63, 3.8) is 0 Å². The van der Waals surface area contributed by atoms with Crippen LogP contribution in [0.1, 0.15) is 22.2 Å². The zero-order valence-electron chi connectivity index (χ0n) is 18.2. The Morgan fingerprint density at radius 3 is 2.24 bits per heavy atom. The maximum atomic E-state index is 13.3. The lowest BCUT2D eigenvalue weighted by atomic mass is 9.99. The quantitative estimate of drug-likeness (QED) is 0.303. The van der Waals surface area contributed by atoms with Gasteiger partial charge in [-0.25, -0.2) is 4.98 Å². The Balaban J connectivity index is 1.66. The summed E-state index contributed by atoms with van der Waals surface area (Å²) >= 11 is 1.33. The first-order valence-corrected chi connectivity index (χ1v) is 11.7. The van der Waals surface area contributed by atoms with Gasteiger partial charge in [-0.2, -0.15) is 0 Å². The molecule has 0 saturated heterocycles. The molecule has 5 rings (SSSR count). The summed E-state index contributed by atoms with van der Waals surface area (Å²) in [4.78, 5) is 19.4. The largest absolute Gasteiger partial charge is 0.397 e. The summed E-state index contributed by atoms with van der Waals surface area (Å²) in [5.74, 6) is -0.211. The van der Waals surface area contributed by atoms with E-state index in [2.05, 4.69) is 30.4 Å². The van der Waals surface area contributed by atoms with E-state index in [0.717, 1.165) is 50.3 Å². The van der Waals surface area contributed by atoms with Gasteiger partial charge in [0.1, 0.15) is 9.71 Å². The summed E-state index contributed by atoms with van der Waals surface area (Å²) in [6.07, 6.45) is 0.832. The number of fused-ring (bicyclic) bond motifs is 1. The van der Waals surface area contributed by atoms with Gasteiger partial charge in [0.25, 0.3) is 5.91 Å². The zero-order chi connectivity index (χ0) is 22.8. The van der Waals surface area contributed by atoms with E-state index in [9.17, 15) is 4.79 Å². The van der Waals surface area contributed by atoms with Crippen molar-refractivity contribution in [2.75, 3.05) is 11.1 Å². The Bertz CT molecular complexity index is 1440. The molecule has 0 atom stereocenters. The molecule has 0 radical (unpaired) electrons. The van der Waals surface area contributed by atoms with Gasteiger partial charge in [0, 0.05) is 16.6 Å². The summed E-state index contributed by atoms with van der Waals surface area (Å²) in [6.45, 7) is 2.07. The van der Waals surface area contributed by atoms with Gasteiger partial charge in [0.05, 0.1) is 11.4 Å². The molecule has 3 aromatic carbocycles. The third kappa shape index (κ3) is 3.99. The summed E-state index contributed by atoms with van der Waals surface area (Å²) in [5.41, 5.74) is 12.8. The van der Waals surface area contributed by atoms with E-state index in [1.807, 2.05) is 72.8 Å². The van der Waals surface area contributed by atoms with Crippen molar-refractivity contribution in [3.05, 3.63) is 101 Å². The van der Waals surface area contributed by atoms with Crippen LogP contribution in [0.4, 0.5) is 11.4 Å². The summed E-state index contributed by atoms with van der Waals surface area (Å²) in [6, 6.07) is 30.0. The fourth-order valence-corrected chi connectivity index (χ4v) is 5.04. The van der Waals surface area contributed by atoms with Gasteiger partial charge in [0.15, 0.2) is 0 Å². The number of hydrogen-bond acceptors (Lipinski definition) is 4. The number of anilines is 2. The van der Waals surface area contributed by atoms with Crippen molar-refractivity contribution in [1.29, 1.82) is 0 Å². The topological polar surface area (TPSA) is 68.0 Å². The van der Waals surface area contributed by atoms with Crippen molar-refractivity contribution in [1.82, 2.24) is 4.98 Å². The molecule has 0 saturated carbocycles. The highest BCUT2D eigenvalue weighted by Crippen LogP contribution is 2.41. The van der Waals surface area contributed by atoms with Crippen molar-refractivity contribution in [2.24, 2.45) is 0 Å². The second-order valence-electron chi connectivity index (χ2n) is 7.78. The van der Waals surface area contributed by atoms with Crippen LogP contribution in [0, 0.1) is 0 Å². The van der Waals surface area contributed by atoms with Gasteiger partial charge < -0.3 is 11.1 Å². The molecule has 0 unspecified atom stereocenters. The second-order valence-corrected chi connectivity index (χ2v) is 8.78. The van der Waals surface area contributed by atoms with Gasteiger partial charge >= 0.3 is 0 Å². The molecule has 0 aliphatic carbocycles. The molecule has 0 fully saturated rings. The maximum Gasteiger partial charge on any atom is 0.267 e. The predicted molar refractivity (Wildman–Crippen MR) is 139 cm³/mol. The molecule has 162 valence electrons. The number of nitrogens with zero attached hydrogens (tertiary/aromatic N) is 1. The van der Waals surface area contributed by atoms with Crippen LogP contribution >= 0.6 is 11.3 Å². The summed E-state index contributed by atoms with van der Waals surface area (Å²) in [5, 5.41) is 3.87. The Hall–Kier alpha value is -3.96. The van der Waals surface area contributed by atoms with E-state index in [0.29, 0.717) is 10.6 Å². The molecule has 0 bridgehead atoms. The number of nitrogen functional groups attached to an aromatic ring is 1. The second kappa shape index (κ2) is 8.88. The molecular weight excluding hydrogens is 426 g/mol. The van der Waals surface area contributed by atoms with Crippen molar-refractivity contribution >= 4 is 38.8 Å². The molecule has 3 N–H and O–H groups in total. The number of hydrogen-bond donors (Lipinski definition) is 2. The first-order valence-electron chi connectivity index (χ1n) is 10.9. The van der Waals surface area contributed by atoms with E-state index in [1.54, 1.807) is 0 Å². The maximum absolute atomic E-state index is 13.3. The number of rotatable bonds is 5. The van der Waals surface area contributed by atoms with Gasteiger partial charge in [-0.3, -0.25) is 4.79 Å². The molecule has 1 amide bonds. The van der Waals surface area contributed by atoms with Crippen LogP contribution in [-0.4, -0.2) is 10.9 Å². The number of amides is 1. The third-order valence-electron chi connectivity index (χ3n) is 5.71. The molecule has 33 heavy (non-hydrogen) atoms. The standard InChI is InChI=1S/C28H23N3OS/c1-2-18-11-9-10-16-22(18)30-27(32)26-25(29)24-21(19-12-5-3-6-13-19)17-23(31-28(24)33-26)20-14-7-4-8-15-20/h3-17H,2,29H2,1H3,(H,30,32). The highest BCUT2D eigenvalue weighted by atomic mass is 32.1. The fourth-order valence-electron chi connectivity index (χ4n) is 4.02. The highest BCUT2D eigenvalue weighted by Gasteiger charge is 2.22. The molecular formula is C28H23N3OS. The van der Waals surface area contributed by atoms with Crippen LogP contribution in [-0.2, 0) is 6.42 Å². The normalized spacial score (nSPS) is 10.9. The van der Waals surface area contributed by atoms with Crippen molar-refractivity contribution in [3.8, 4) is 22.4 Å². The molecule has 0 aliphatic heterocycles. The lowest BCUT2D eigenvalue weighted by Gasteiger charge is -2.10. The van der Waals surface area contributed by atoms with Crippen LogP contribution in [0.25, 0.3) is 32.6 Å². The van der Waals surface area contributed by atoms with Crippen LogP contribution in [0.2, 0.25) is 0 Å². The van der Waals surface area contributed by atoms with Crippen LogP contribution in [0.15, 0.2) is 91.0 Å². The number of carbonyl (C=O) groups excluding carboxylic acids is 1. The van der Waals surface area contributed by atoms with Gasteiger partial charge in [-0.1, -0.05) is 85.8 Å². The number of thiophene rings is 1. The minimum absolute atomic E-state index is 0.211. The average molecular weight is 450 g/mol. The monoisotopic (exact) mass is 449 g/mol. The molecule has 2 aromatic heterocycles. The lowest BCUT2D eigenvalue weighted by Crippen LogP contribution is -2.13. The van der Waals surface area contributed by atoms with Crippen LogP contribution in [0.3, 0.4) is 0 Å². The smallest absolute Gasteiger partial charge is 0.267 e. The SMILES string of the molecule is CCc1ccccc1NC(=O)c1sc2nc(-c3ccccc3)cc(-c3ccccc3)c2c1N. The van der Waals surface area contributed by atoms with Crippen molar-refractivity contribution < 1.29 is 4.79 Å². The summed E-state index contributed by atoms with van der Waals surface area (Å²) < 4.78 is 0. The number of aromatic nitrogens is 1. The van der Waals surface area contributed by atoms with Gasteiger partial charge in [0.2, 0.25) is 0 Å². The third-order valence-corrected chi connectivity index (χ3v) is 6.80. The molecule has 0 aliphatic rings. The average Bonchev–Trinajstić information content (AvgIpc) is 3.21. The minimum atomic E-state index is -0.211. The van der Waals surface area contributed by atoms with Gasteiger partial charge in [-0.15, -0.1) is 11.3 Å². The number of pyridine rings is 1. The van der Waals surface area contributed by atoms with E-state index >= 15 is 0 Å². The number of aryl methyl sites for hydroxylation is 1. The van der Waals surface area contributed by atoms with E-state index in [-0.39, 0.29) is 5.91 Å². The van der Waals surface area contributed by atoms with Crippen molar-refractivity contribution in [2.45, 2.75) is 13.3 Å². The number of nitrogens with one attached hydrogen (secondary N) is 1. The first-order chi connectivity index (χ1) is 16.2. The Labute approximate surface area is 196 Å². The highest BCUT2D eigenvalue weighted by molar-refractivity contribution is 7.21. The number of carbonyl (C=O) groups is 1. The van der Waals surface area contributed by atoms with Crippen LogP contribution < -0.4 is 11.1 Å². The Morgan fingerprint density at radius 2 is 1.55 bits per heavy atom. The predicted octanol–water partition coefficient (Wildman–Crippen LogP) is 7.03. The molecule has 5 heteroatoms. The number of nitrogens with two attached hydrogens (primary N) is 1. The molecule has 5 aromatic rings. The Kier molecular flexibility index (Phi) is 5.63. The lowest BCUT2D eigenvalue weighted by molar-refractivity contribution is 0.103. The van der Waals surface area contributed by atoms with E-state index in [4.69, 9.17) is 10.7 Å². The summed E-state index contributed by atoms with van der Waals surface area (Å²) in [7, 11) is 0. The van der Waals surface area contributed by atoms with Crippen LogP contribution in [0.5, 0.6) is 0 Å². The first kappa shape index (κ1) is 20.9. The molecule has 4 nitrogen and oxygen atoms in total. The Morgan fingerprint density at radius 1 is 0.909 bits per heavy atom. The van der Waals surface area contributed by atoms with Gasteiger partial charge in [-0.05, 0) is 35.2 Å². The zero-order valence-corrected chi connectivity index (χ0v) is 19.0. The number of para-hydroxylation sites is 1. The van der Waals surface area contributed by atoms with E-state index < -0.39 is 0 Å². The molecule has 2 heterocycles. The van der Waals surface area contributed by atoms with E-state index in [1.165, 1.54) is 11.3 Å². The molecule has 0 spiro atoms. The number of benzene rings is 3.